The minimum absolute atomic E-state index is 0.144. The van der Waals surface area contributed by atoms with E-state index >= 15 is 0 Å². The lowest BCUT2D eigenvalue weighted by Crippen LogP contribution is -2.47. The van der Waals surface area contributed by atoms with Gasteiger partial charge in [-0.05, 0) is 80.1 Å². The van der Waals surface area contributed by atoms with Crippen molar-refractivity contribution in [3.63, 3.8) is 0 Å². The van der Waals surface area contributed by atoms with E-state index in [2.05, 4.69) is 22.9 Å². The number of alkyl halides is 1. The molecule has 0 aromatic carbocycles. The molecule has 1 atom stereocenters. The molecule has 0 spiro atoms. The van der Waals surface area contributed by atoms with Gasteiger partial charge in [0.25, 0.3) is 0 Å². The number of ether oxygens (including phenoxy) is 4. The standard InChI is InChI=1S/C27H51BrO6/c1-13-14-16-32-21(29)20(27(10,11)28)18-23(2,3)26(8,9)22(30)33-19-25(6,7)34-17-15-24(4,5)31-12/h20H,13-19H2,1-12H3. The maximum Gasteiger partial charge on any atom is 0.312 e. The van der Waals surface area contributed by atoms with E-state index in [1.807, 2.05) is 69.2 Å². The van der Waals surface area contributed by atoms with Crippen molar-refractivity contribution in [3.8, 4) is 0 Å². The van der Waals surface area contributed by atoms with Crippen LogP contribution in [-0.2, 0) is 28.5 Å². The van der Waals surface area contributed by atoms with Crippen LogP contribution in [0.4, 0.5) is 0 Å². The van der Waals surface area contributed by atoms with Gasteiger partial charge in [-0.1, -0.05) is 43.1 Å². The zero-order valence-electron chi connectivity index (χ0n) is 23.9. The number of carbonyl (C=O) groups excluding carboxylic acids is 2. The van der Waals surface area contributed by atoms with E-state index in [-0.39, 0.29) is 24.1 Å². The number of rotatable bonds is 16. The average molecular weight is 552 g/mol. The normalized spacial score (nSPS) is 14.6. The van der Waals surface area contributed by atoms with Crippen molar-refractivity contribution in [1.29, 1.82) is 0 Å². The Morgan fingerprint density at radius 3 is 1.88 bits per heavy atom. The predicted molar refractivity (Wildman–Crippen MR) is 141 cm³/mol. The molecular formula is C27H51BrO6. The Labute approximate surface area is 217 Å². The molecule has 0 heterocycles. The summed E-state index contributed by atoms with van der Waals surface area (Å²) in [5.74, 6) is -0.951. The van der Waals surface area contributed by atoms with E-state index in [0.29, 0.717) is 19.6 Å². The monoisotopic (exact) mass is 550 g/mol. The highest BCUT2D eigenvalue weighted by atomic mass is 79.9. The van der Waals surface area contributed by atoms with Crippen molar-refractivity contribution in [3.05, 3.63) is 0 Å². The third-order valence-electron chi connectivity index (χ3n) is 7.07. The molecule has 34 heavy (non-hydrogen) atoms. The van der Waals surface area contributed by atoms with Crippen LogP contribution < -0.4 is 0 Å². The van der Waals surface area contributed by atoms with Crippen molar-refractivity contribution in [2.24, 2.45) is 16.7 Å². The molecule has 7 heteroatoms. The number of hydrogen-bond acceptors (Lipinski definition) is 6. The van der Waals surface area contributed by atoms with Gasteiger partial charge in [-0.15, -0.1) is 0 Å². The minimum atomic E-state index is -0.832. The predicted octanol–water partition coefficient (Wildman–Crippen LogP) is 6.72. The molecule has 0 aromatic rings. The Morgan fingerprint density at radius 2 is 1.41 bits per heavy atom. The van der Waals surface area contributed by atoms with Crippen molar-refractivity contribution < 1.29 is 28.5 Å². The lowest BCUT2D eigenvalue weighted by atomic mass is 9.62. The molecule has 0 radical (unpaired) electrons. The van der Waals surface area contributed by atoms with Gasteiger partial charge in [-0.2, -0.15) is 0 Å². The van der Waals surface area contributed by atoms with Crippen molar-refractivity contribution in [2.75, 3.05) is 26.9 Å². The Balaban J connectivity index is 5.23. The number of methoxy groups -OCH3 is 1. The molecule has 0 N–H and O–H groups in total. The van der Waals surface area contributed by atoms with E-state index < -0.39 is 26.7 Å². The van der Waals surface area contributed by atoms with Crippen LogP contribution >= 0.6 is 15.9 Å². The highest BCUT2D eigenvalue weighted by Gasteiger charge is 2.49. The van der Waals surface area contributed by atoms with Crippen LogP contribution in [0.1, 0.15) is 102 Å². The SMILES string of the molecule is CCCCOC(=O)C(CC(C)(C)C(C)(C)C(=O)OCC(C)(C)OCCC(C)(C)OC)C(C)(C)Br. The first kappa shape index (κ1) is 33.3. The number of unbranched alkanes of at least 4 members (excludes halogenated alkanes) is 1. The maximum atomic E-state index is 13.2. The van der Waals surface area contributed by atoms with Crippen LogP contribution in [0.3, 0.4) is 0 Å². The van der Waals surface area contributed by atoms with Crippen LogP contribution in [0, 0.1) is 16.7 Å². The fourth-order valence-electron chi connectivity index (χ4n) is 3.20. The zero-order chi connectivity index (χ0) is 27.0. The first-order valence-corrected chi connectivity index (χ1v) is 13.2. The number of halogens is 1. The number of hydrogen-bond donors (Lipinski definition) is 0. The molecule has 0 aromatic heterocycles. The summed E-state index contributed by atoms with van der Waals surface area (Å²) < 4.78 is 22.2. The molecule has 0 aliphatic carbocycles. The highest BCUT2D eigenvalue weighted by Crippen LogP contribution is 2.47. The quantitative estimate of drug-likeness (QED) is 0.121. The van der Waals surface area contributed by atoms with Gasteiger partial charge < -0.3 is 18.9 Å². The molecular weight excluding hydrogens is 500 g/mol. The second kappa shape index (κ2) is 13.0. The number of carbonyl (C=O) groups is 2. The van der Waals surface area contributed by atoms with Crippen LogP contribution in [-0.4, -0.2) is 54.4 Å². The van der Waals surface area contributed by atoms with Gasteiger partial charge >= 0.3 is 11.9 Å². The summed E-state index contributed by atoms with van der Waals surface area (Å²) in [7, 11) is 1.68. The number of esters is 2. The molecule has 6 nitrogen and oxygen atoms in total. The average Bonchev–Trinajstić information content (AvgIpc) is 2.69. The van der Waals surface area contributed by atoms with Crippen molar-refractivity contribution >= 4 is 27.9 Å². The van der Waals surface area contributed by atoms with Crippen LogP contribution in [0.15, 0.2) is 0 Å². The molecule has 0 saturated heterocycles. The summed E-state index contributed by atoms with van der Waals surface area (Å²) in [5.41, 5.74) is -2.25. The van der Waals surface area contributed by atoms with Gasteiger partial charge in [0.05, 0.1) is 35.7 Å². The second-order valence-electron chi connectivity index (χ2n) is 12.2. The Morgan fingerprint density at radius 1 is 0.853 bits per heavy atom. The second-order valence-corrected chi connectivity index (χ2v) is 14.3. The largest absolute Gasteiger partial charge is 0.465 e. The topological polar surface area (TPSA) is 71.1 Å². The fraction of sp³-hybridized carbons (Fsp3) is 0.926. The third-order valence-corrected chi connectivity index (χ3v) is 7.63. The van der Waals surface area contributed by atoms with Crippen molar-refractivity contribution in [1.82, 2.24) is 0 Å². The first-order valence-electron chi connectivity index (χ1n) is 12.4. The van der Waals surface area contributed by atoms with E-state index in [4.69, 9.17) is 18.9 Å². The summed E-state index contributed by atoms with van der Waals surface area (Å²) >= 11 is 3.67. The Bertz CT molecular complexity index is 646. The molecule has 0 bridgehead atoms. The fourth-order valence-corrected chi connectivity index (χ4v) is 3.55. The van der Waals surface area contributed by atoms with Crippen molar-refractivity contribution in [2.45, 2.75) is 117 Å². The van der Waals surface area contributed by atoms with E-state index in [1.165, 1.54) is 0 Å². The van der Waals surface area contributed by atoms with Gasteiger partial charge in [0.15, 0.2) is 0 Å². The van der Waals surface area contributed by atoms with Crippen LogP contribution in [0.2, 0.25) is 0 Å². The Hall–Kier alpha value is -0.660. The summed E-state index contributed by atoms with van der Waals surface area (Å²) in [5, 5.41) is 0. The zero-order valence-corrected chi connectivity index (χ0v) is 25.4. The van der Waals surface area contributed by atoms with E-state index in [9.17, 15) is 9.59 Å². The lowest BCUT2D eigenvalue weighted by molar-refractivity contribution is -0.173. The van der Waals surface area contributed by atoms with Gasteiger partial charge in [-0.3, -0.25) is 9.59 Å². The minimum Gasteiger partial charge on any atom is -0.465 e. The summed E-state index contributed by atoms with van der Waals surface area (Å²) in [6.45, 7) is 22.7. The molecule has 0 fully saturated rings. The first-order chi connectivity index (χ1) is 15.2. The summed E-state index contributed by atoms with van der Waals surface area (Å²) in [4.78, 5) is 26.1. The van der Waals surface area contributed by atoms with Crippen LogP contribution in [0.5, 0.6) is 0 Å². The highest BCUT2D eigenvalue weighted by molar-refractivity contribution is 9.10. The van der Waals surface area contributed by atoms with Gasteiger partial charge in [0.2, 0.25) is 0 Å². The van der Waals surface area contributed by atoms with Crippen LogP contribution in [0.25, 0.3) is 0 Å². The molecule has 0 aliphatic rings. The molecule has 0 rings (SSSR count). The smallest absolute Gasteiger partial charge is 0.312 e. The summed E-state index contributed by atoms with van der Waals surface area (Å²) in [6, 6.07) is 0. The summed E-state index contributed by atoms with van der Waals surface area (Å²) in [6.07, 6.45) is 3.01. The molecule has 0 aliphatic heterocycles. The molecule has 202 valence electrons. The van der Waals surface area contributed by atoms with Gasteiger partial charge in [0, 0.05) is 11.4 Å². The van der Waals surface area contributed by atoms with E-state index in [0.717, 1.165) is 19.3 Å². The molecule has 0 amide bonds. The maximum absolute atomic E-state index is 13.2. The third kappa shape index (κ3) is 10.9. The molecule has 0 saturated carbocycles. The Kier molecular flexibility index (Phi) is 12.8. The lowest BCUT2D eigenvalue weighted by Gasteiger charge is -2.43. The molecule has 1 unspecified atom stereocenters. The van der Waals surface area contributed by atoms with Gasteiger partial charge in [0.1, 0.15) is 6.61 Å². The van der Waals surface area contributed by atoms with Gasteiger partial charge in [-0.25, -0.2) is 0 Å². The van der Waals surface area contributed by atoms with E-state index in [1.54, 1.807) is 7.11 Å².